The predicted molar refractivity (Wildman–Crippen MR) is 69.8 cm³/mol. The topological polar surface area (TPSA) is 21.3 Å². The van der Waals surface area contributed by atoms with Crippen LogP contribution in [0.15, 0.2) is 0 Å². The third-order valence-electron chi connectivity index (χ3n) is 3.52. The van der Waals surface area contributed by atoms with E-state index in [9.17, 15) is 0 Å². The van der Waals surface area contributed by atoms with Gasteiger partial charge in [0.15, 0.2) is 0 Å². The van der Waals surface area contributed by atoms with Gasteiger partial charge in [-0.2, -0.15) is 0 Å². The van der Waals surface area contributed by atoms with E-state index in [0.29, 0.717) is 6.04 Å². The van der Waals surface area contributed by atoms with Crippen LogP contribution in [-0.4, -0.2) is 25.8 Å². The minimum atomic E-state index is 0.620. The van der Waals surface area contributed by atoms with E-state index in [1.165, 1.54) is 51.5 Å². The van der Waals surface area contributed by atoms with Crippen molar-refractivity contribution in [2.24, 2.45) is 5.92 Å². The van der Waals surface area contributed by atoms with E-state index >= 15 is 0 Å². The zero-order valence-electron chi connectivity index (χ0n) is 11.1. The Bertz CT molecular complexity index is 155. The Labute approximate surface area is 101 Å². The Morgan fingerprint density at radius 1 is 1.25 bits per heavy atom. The molecule has 0 aliphatic carbocycles. The number of rotatable bonds is 8. The Balaban J connectivity index is 2.14. The SMILES string of the molecule is CCCCC(CCC)CNC1CCCOC1. The fourth-order valence-electron chi connectivity index (χ4n) is 2.48. The highest BCUT2D eigenvalue weighted by Gasteiger charge is 2.15. The van der Waals surface area contributed by atoms with Gasteiger partial charge >= 0.3 is 0 Å². The summed E-state index contributed by atoms with van der Waals surface area (Å²) >= 11 is 0. The second-order valence-corrected chi connectivity index (χ2v) is 5.12. The molecule has 0 aromatic carbocycles. The van der Waals surface area contributed by atoms with E-state index < -0.39 is 0 Å². The number of unbranched alkanes of at least 4 members (excludes halogenated alkanes) is 1. The zero-order valence-corrected chi connectivity index (χ0v) is 11.1. The molecule has 0 bridgehead atoms. The summed E-state index contributed by atoms with van der Waals surface area (Å²) in [5.74, 6) is 0.881. The fourth-order valence-corrected chi connectivity index (χ4v) is 2.48. The highest BCUT2D eigenvalue weighted by atomic mass is 16.5. The Morgan fingerprint density at radius 3 is 2.75 bits per heavy atom. The molecule has 0 saturated carbocycles. The first kappa shape index (κ1) is 14.0. The average Bonchev–Trinajstić information content (AvgIpc) is 2.34. The number of ether oxygens (including phenoxy) is 1. The Kier molecular flexibility index (Phi) is 7.87. The molecule has 0 spiro atoms. The number of nitrogens with one attached hydrogen (secondary N) is 1. The van der Waals surface area contributed by atoms with E-state index in [2.05, 4.69) is 19.2 Å². The molecule has 0 radical (unpaired) electrons. The summed E-state index contributed by atoms with van der Waals surface area (Å²) in [4.78, 5) is 0. The molecule has 1 aliphatic heterocycles. The maximum atomic E-state index is 5.49. The summed E-state index contributed by atoms with van der Waals surface area (Å²) in [5.41, 5.74) is 0. The lowest BCUT2D eigenvalue weighted by Crippen LogP contribution is -2.39. The van der Waals surface area contributed by atoms with E-state index in [4.69, 9.17) is 4.74 Å². The molecule has 2 atom stereocenters. The first-order valence-corrected chi connectivity index (χ1v) is 7.18. The highest BCUT2D eigenvalue weighted by molar-refractivity contribution is 4.72. The van der Waals surface area contributed by atoms with Gasteiger partial charge in [0.1, 0.15) is 0 Å². The van der Waals surface area contributed by atoms with E-state index in [1.54, 1.807) is 0 Å². The molecular weight excluding hydrogens is 198 g/mol. The van der Waals surface area contributed by atoms with Gasteiger partial charge in [-0.3, -0.25) is 0 Å². The van der Waals surface area contributed by atoms with Crippen molar-refractivity contribution >= 4 is 0 Å². The predicted octanol–water partition coefficient (Wildman–Crippen LogP) is 3.36. The van der Waals surface area contributed by atoms with Gasteiger partial charge < -0.3 is 10.1 Å². The second kappa shape index (κ2) is 9.00. The molecule has 0 aromatic rings. The largest absolute Gasteiger partial charge is 0.380 e. The van der Waals surface area contributed by atoms with Gasteiger partial charge in [0.05, 0.1) is 6.61 Å². The Hall–Kier alpha value is -0.0800. The van der Waals surface area contributed by atoms with Gasteiger partial charge in [-0.25, -0.2) is 0 Å². The van der Waals surface area contributed by atoms with Crippen LogP contribution in [-0.2, 0) is 4.74 Å². The molecule has 0 aromatic heterocycles. The lowest BCUT2D eigenvalue weighted by molar-refractivity contribution is 0.0687. The van der Waals surface area contributed by atoms with E-state index in [0.717, 1.165) is 19.1 Å². The summed E-state index contributed by atoms with van der Waals surface area (Å²) in [6, 6.07) is 0.620. The van der Waals surface area contributed by atoms with Crippen molar-refractivity contribution in [1.29, 1.82) is 0 Å². The molecule has 1 aliphatic rings. The number of hydrogen-bond donors (Lipinski definition) is 1. The summed E-state index contributed by atoms with van der Waals surface area (Å²) in [5, 5.41) is 3.69. The van der Waals surface area contributed by atoms with Crippen LogP contribution in [0.3, 0.4) is 0 Å². The van der Waals surface area contributed by atoms with Crippen LogP contribution < -0.4 is 5.32 Å². The van der Waals surface area contributed by atoms with Crippen LogP contribution in [0.5, 0.6) is 0 Å². The quantitative estimate of drug-likeness (QED) is 0.686. The lowest BCUT2D eigenvalue weighted by Gasteiger charge is -2.26. The summed E-state index contributed by atoms with van der Waals surface area (Å²) in [6.07, 6.45) is 9.32. The molecule has 1 saturated heterocycles. The molecule has 2 heteroatoms. The van der Waals surface area contributed by atoms with Gasteiger partial charge in [-0.15, -0.1) is 0 Å². The first-order valence-electron chi connectivity index (χ1n) is 7.18. The van der Waals surface area contributed by atoms with Crippen molar-refractivity contribution in [2.45, 2.75) is 64.8 Å². The van der Waals surface area contributed by atoms with Crippen molar-refractivity contribution in [3.63, 3.8) is 0 Å². The van der Waals surface area contributed by atoms with Gasteiger partial charge in [0.2, 0.25) is 0 Å². The normalized spacial score (nSPS) is 23.2. The van der Waals surface area contributed by atoms with Gasteiger partial charge in [-0.1, -0.05) is 33.1 Å². The molecule has 96 valence electrons. The maximum Gasteiger partial charge on any atom is 0.0619 e. The fraction of sp³-hybridized carbons (Fsp3) is 1.00. The van der Waals surface area contributed by atoms with Crippen molar-refractivity contribution in [3.8, 4) is 0 Å². The standard InChI is InChI=1S/C14H29NO/c1-3-5-8-13(7-4-2)11-15-14-9-6-10-16-12-14/h13-15H,3-12H2,1-2H3. The summed E-state index contributed by atoms with van der Waals surface area (Å²) in [7, 11) is 0. The molecule has 1 heterocycles. The molecule has 2 nitrogen and oxygen atoms in total. The first-order chi connectivity index (χ1) is 7.86. The molecule has 16 heavy (non-hydrogen) atoms. The smallest absolute Gasteiger partial charge is 0.0619 e. The van der Waals surface area contributed by atoms with Crippen LogP contribution in [0.25, 0.3) is 0 Å². The van der Waals surface area contributed by atoms with Crippen molar-refractivity contribution in [3.05, 3.63) is 0 Å². The van der Waals surface area contributed by atoms with Crippen molar-refractivity contribution < 1.29 is 4.74 Å². The summed E-state index contributed by atoms with van der Waals surface area (Å²) in [6.45, 7) is 7.66. The molecule has 2 unspecified atom stereocenters. The number of hydrogen-bond acceptors (Lipinski definition) is 2. The van der Waals surface area contributed by atoms with Gasteiger partial charge in [0, 0.05) is 12.6 Å². The van der Waals surface area contributed by atoms with Gasteiger partial charge in [0.25, 0.3) is 0 Å². The van der Waals surface area contributed by atoms with E-state index in [-0.39, 0.29) is 0 Å². The summed E-state index contributed by atoms with van der Waals surface area (Å²) < 4.78 is 5.49. The zero-order chi connectivity index (χ0) is 11.6. The minimum absolute atomic E-state index is 0.620. The van der Waals surface area contributed by atoms with Crippen LogP contribution in [0, 0.1) is 5.92 Å². The second-order valence-electron chi connectivity index (χ2n) is 5.12. The molecule has 1 fully saturated rings. The molecule has 1 rings (SSSR count). The average molecular weight is 227 g/mol. The monoisotopic (exact) mass is 227 g/mol. The van der Waals surface area contributed by atoms with Crippen LogP contribution >= 0.6 is 0 Å². The van der Waals surface area contributed by atoms with Crippen LogP contribution in [0.4, 0.5) is 0 Å². The molecular formula is C14H29NO. The van der Waals surface area contributed by atoms with Crippen LogP contribution in [0.2, 0.25) is 0 Å². The van der Waals surface area contributed by atoms with E-state index in [1.807, 2.05) is 0 Å². The van der Waals surface area contributed by atoms with Crippen molar-refractivity contribution in [2.75, 3.05) is 19.8 Å². The lowest BCUT2D eigenvalue weighted by atomic mass is 9.96. The van der Waals surface area contributed by atoms with Gasteiger partial charge in [-0.05, 0) is 38.1 Å². The molecule has 0 amide bonds. The maximum absolute atomic E-state index is 5.49. The third-order valence-corrected chi connectivity index (χ3v) is 3.52. The van der Waals surface area contributed by atoms with Crippen LogP contribution in [0.1, 0.15) is 58.8 Å². The minimum Gasteiger partial charge on any atom is -0.380 e. The Morgan fingerprint density at radius 2 is 2.12 bits per heavy atom. The highest BCUT2D eigenvalue weighted by Crippen LogP contribution is 2.15. The third kappa shape index (κ3) is 5.86. The van der Waals surface area contributed by atoms with Crippen molar-refractivity contribution in [1.82, 2.24) is 5.32 Å². The molecule has 1 N–H and O–H groups in total.